The normalized spacial score (nSPS) is 10.3. The Morgan fingerprint density at radius 2 is 1.49 bits per heavy atom. The number of hydrogen-bond donors (Lipinski definition) is 3. The summed E-state index contributed by atoms with van der Waals surface area (Å²) in [4.78, 5) is 36.5. The van der Waals surface area contributed by atoms with Crippen LogP contribution in [0.25, 0.3) is 0 Å². The second-order valence-corrected chi connectivity index (χ2v) is 8.82. The standard InChI is InChI=1S/C29H31N3O4S/c33-26(17-8-18-27(34)36-19-9-14-22-10-3-1-4-11-22)32-29(37)31-25-16-7-15-24(20-25)28(35)30-21-23-12-5-2-6-13-23/h1-7,10-13,15-16,20H,8-9,14,17-19,21H2,(H,30,35)(H2,31,32,33,37). The molecule has 0 fully saturated rings. The Morgan fingerprint density at radius 3 is 2.22 bits per heavy atom. The van der Waals surface area contributed by atoms with Gasteiger partial charge in [0.05, 0.1) is 6.61 Å². The summed E-state index contributed by atoms with van der Waals surface area (Å²) >= 11 is 5.21. The molecule has 0 aliphatic rings. The molecule has 3 aromatic rings. The smallest absolute Gasteiger partial charge is 0.305 e. The summed E-state index contributed by atoms with van der Waals surface area (Å²) in [6.07, 6.45) is 2.28. The maximum atomic E-state index is 12.5. The Bertz CT molecular complexity index is 1190. The first kappa shape index (κ1) is 27.5. The van der Waals surface area contributed by atoms with Gasteiger partial charge in [0, 0.05) is 30.6 Å². The lowest BCUT2D eigenvalue weighted by atomic mass is 10.1. The number of nitrogens with one attached hydrogen (secondary N) is 3. The molecule has 0 aliphatic heterocycles. The van der Waals surface area contributed by atoms with Gasteiger partial charge in [0.1, 0.15) is 0 Å². The Labute approximate surface area is 222 Å². The molecule has 0 saturated carbocycles. The highest BCUT2D eigenvalue weighted by Gasteiger charge is 2.10. The lowest BCUT2D eigenvalue weighted by molar-refractivity contribution is -0.143. The van der Waals surface area contributed by atoms with E-state index in [1.807, 2.05) is 60.7 Å². The van der Waals surface area contributed by atoms with Crippen molar-refractivity contribution in [3.8, 4) is 0 Å². The van der Waals surface area contributed by atoms with Gasteiger partial charge in [-0.2, -0.15) is 0 Å². The summed E-state index contributed by atoms with van der Waals surface area (Å²) in [6.45, 7) is 0.782. The van der Waals surface area contributed by atoms with Crippen molar-refractivity contribution in [2.45, 2.75) is 38.6 Å². The van der Waals surface area contributed by atoms with Gasteiger partial charge in [-0.25, -0.2) is 0 Å². The third-order valence-corrected chi connectivity index (χ3v) is 5.64. The second kappa shape index (κ2) is 15.2. The van der Waals surface area contributed by atoms with E-state index in [2.05, 4.69) is 16.0 Å². The molecule has 7 nitrogen and oxygen atoms in total. The quantitative estimate of drug-likeness (QED) is 0.182. The maximum Gasteiger partial charge on any atom is 0.305 e. The zero-order valence-electron chi connectivity index (χ0n) is 20.6. The van der Waals surface area contributed by atoms with Crippen LogP contribution in [0.4, 0.5) is 5.69 Å². The molecule has 0 aromatic heterocycles. The Kier molecular flexibility index (Phi) is 11.3. The molecule has 2 amide bonds. The molecule has 0 heterocycles. The van der Waals surface area contributed by atoms with Crippen LogP contribution in [-0.2, 0) is 27.3 Å². The molecule has 8 heteroatoms. The second-order valence-electron chi connectivity index (χ2n) is 8.41. The van der Waals surface area contributed by atoms with E-state index in [0.29, 0.717) is 30.8 Å². The number of esters is 1. The SMILES string of the molecule is O=C(CCCC(=O)OCCCc1ccccc1)NC(=S)Nc1cccc(C(=O)NCc2ccccc2)c1. The van der Waals surface area contributed by atoms with Gasteiger partial charge in [-0.05, 0) is 60.8 Å². The molecule has 3 rings (SSSR count). The van der Waals surface area contributed by atoms with Crippen molar-refractivity contribution < 1.29 is 19.1 Å². The number of benzene rings is 3. The van der Waals surface area contributed by atoms with Crippen molar-refractivity contribution in [2.75, 3.05) is 11.9 Å². The van der Waals surface area contributed by atoms with Crippen molar-refractivity contribution in [1.29, 1.82) is 0 Å². The van der Waals surface area contributed by atoms with E-state index in [9.17, 15) is 14.4 Å². The number of carbonyl (C=O) groups is 3. The molecule has 0 aliphatic carbocycles. The van der Waals surface area contributed by atoms with Crippen LogP contribution >= 0.6 is 12.2 Å². The molecule has 0 saturated heterocycles. The van der Waals surface area contributed by atoms with Crippen LogP contribution in [-0.4, -0.2) is 29.5 Å². The summed E-state index contributed by atoms with van der Waals surface area (Å²) in [7, 11) is 0. The van der Waals surface area contributed by atoms with Crippen LogP contribution in [0.2, 0.25) is 0 Å². The fourth-order valence-electron chi connectivity index (χ4n) is 3.54. The first-order valence-corrected chi connectivity index (χ1v) is 12.6. The van der Waals surface area contributed by atoms with Crippen LogP contribution in [0.5, 0.6) is 0 Å². The minimum atomic E-state index is -0.316. The van der Waals surface area contributed by atoms with E-state index in [1.54, 1.807) is 24.3 Å². The molecule has 0 unspecified atom stereocenters. The third kappa shape index (κ3) is 10.6. The zero-order valence-corrected chi connectivity index (χ0v) is 21.4. The maximum absolute atomic E-state index is 12.5. The fraction of sp³-hybridized carbons (Fsp3) is 0.241. The fourth-order valence-corrected chi connectivity index (χ4v) is 3.77. The molecule has 0 atom stereocenters. The number of thiocarbonyl (C=S) groups is 1. The van der Waals surface area contributed by atoms with Gasteiger partial charge < -0.3 is 20.7 Å². The van der Waals surface area contributed by atoms with Gasteiger partial charge in [-0.3, -0.25) is 14.4 Å². The number of rotatable bonds is 12. The summed E-state index contributed by atoms with van der Waals surface area (Å²) in [5.74, 6) is -0.829. The van der Waals surface area contributed by atoms with Crippen molar-refractivity contribution >= 4 is 40.8 Å². The molecule has 192 valence electrons. The van der Waals surface area contributed by atoms with Crippen molar-refractivity contribution in [3.63, 3.8) is 0 Å². The van der Waals surface area contributed by atoms with E-state index in [1.165, 1.54) is 5.56 Å². The molecule has 0 bridgehead atoms. The number of amides is 2. The largest absolute Gasteiger partial charge is 0.466 e. The van der Waals surface area contributed by atoms with E-state index < -0.39 is 0 Å². The lowest BCUT2D eigenvalue weighted by Gasteiger charge is -2.11. The van der Waals surface area contributed by atoms with E-state index in [0.717, 1.165) is 18.4 Å². The Hall–Kier alpha value is -4.04. The predicted octanol–water partition coefficient (Wildman–Crippen LogP) is 4.78. The van der Waals surface area contributed by atoms with Crippen LogP contribution in [0.1, 0.15) is 47.2 Å². The molecule has 37 heavy (non-hydrogen) atoms. The van der Waals surface area contributed by atoms with Gasteiger partial charge in [0.2, 0.25) is 5.91 Å². The number of hydrogen-bond acceptors (Lipinski definition) is 5. The number of ether oxygens (including phenoxy) is 1. The highest BCUT2D eigenvalue weighted by Crippen LogP contribution is 2.11. The lowest BCUT2D eigenvalue weighted by Crippen LogP contribution is -2.34. The molecule has 3 aromatic carbocycles. The van der Waals surface area contributed by atoms with E-state index in [-0.39, 0.29) is 35.7 Å². The van der Waals surface area contributed by atoms with Gasteiger partial charge in [0.15, 0.2) is 5.11 Å². The van der Waals surface area contributed by atoms with Crippen LogP contribution in [0.15, 0.2) is 84.9 Å². The molecular formula is C29H31N3O4S. The predicted molar refractivity (Wildman–Crippen MR) is 148 cm³/mol. The van der Waals surface area contributed by atoms with Gasteiger partial charge in [-0.15, -0.1) is 0 Å². The van der Waals surface area contributed by atoms with Crippen molar-refractivity contribution in [1.82, 2.24) is 10.6 Å². The Morgan fingerprint density at radius 1 is 0.784 bits per heavy atom. The molecule has 3 N–H and O–H groups in total. The molecule has 0 spiro atoms. The first-order valence-electron chi connectivity index (χ1n) is 12.2. The first-order chi connectivity index (χ1) is 18.0. The van der Waals surface area contributed by atoms with E-state index >= 15 is 0 Å². The van der Waals surface area contributed by atoms with Gasteiger partial charge in [0.25, 0.3) is 5.91 Å². The zero-order chi connectivity index (χ0) is 26.3. The molecule has 0 radical (unpaired) electrons. The highest BCUT2D eigenvalue weighted by molar-refractivity contribution is 7.80. The topological polar surface area (TPSA) is 96.5 Å². The van der Waals surface area contributed by atoms with Crippen molar-refractivity contribution in [3.05, 3.63) is 102 Å². The minimum absolute atomic E-state index is 0.121. The average molecular weight is 518 g/mol. The number of aryl methyl sites for hydroxylation is 1. The average Bonchev–Trinajstić information content (AvgIpc) is 2.91. The van der Waals surface area contributed by atoms with Crippen LogP contribution in [0, 0.1) is 0 Å². The number of carbonyl (C=O) groups excluding carboxylic acids is 3. The monoisotopic (exact) mass is 517 g/mol. The highest BCUT2D eigenvalue weighted by atomic mass is 32.1. The van der Waals surface area contributed by atoms with Crippen LogP contribution in [0.3, 0.4) is 0 Å². The summed E-state index contributed by atoms with van der Waals surface area (Å²) < 4.78 is 5.24. The third-order valence-electron chi connectivity index (χ3n) is 5.43. The number of anilines is 1. The van der Waals surface area contributed by atoms with Gasteiger partial charge >= 0.3 is 5.97 Å². The van der Waals surface area contributed by atoms with Crippen LogP contribution < -0.4 is 16.0 Å². The summed E-state index contributed by atoms with van der Waals surface area (Å²) in [5.41, 5.74) is 3.26. The van der Waals surface area contributed by atoms with Crippen molar-refractivity contribution in [2.24, 2.45) is 0 Å². The Balaban J connectivity index is 1.31. The van der Waals surface area contributed by atoms with E-state index in [4.69, 9.17) is 17.0 Å². The molecular weight excluding hydrogens is 486 g/mol. The van der Waals surface area contributed by atoms with Gasteiger partial charge in [-0.1, -0.05) is 66.7 Å². The minimum Gasteiger partial charge on any atom is -0.466 e. The summed E-state index contributed by atoms with van der Waals surface area (Å²) in [5, 5.41) is 8.51. The summed E-state index contributed by atoms with van der Waals surface area (Å²) in [6, 6.07) is 26.5.